The summed E-state index contributed by atoms with van der Waals surface area (Å²) in [4.78, 5) is 11.8. The van der Waals surface area contributed by atoms with Gasteiger partial charge >= 0.3 is 0 Å². The zero-order valence-electron chi connectivity index (χ0n) is 10.0. The highest BCUT2D eigenvalue weighted by Gasteiger charge is 2.27. The molecular weight excluding hydrogens is 355 g/mol. The minimum absolute atomic E-state index is 0. The molecule has 0 unspecified atom stereocenters. The maximum Gasteiger partial charge on any atom is 0.237 e. The lowest BCUT2D eigenvalue weighted by Crippen LogP contribution is -2.40. The average molecular weight is 370 g/mol. The molecule has 3 N–H and O–H groups in total. The van der Waals surface area contributed by atoms with Gasteiger partial charge in [-0.3, -0.25) is 4.79 Å². The standard InChI is InChI=1S/C12H14BrClN2O2.ClH/c13-8-2-1-7(10(14)3-8)5-16-12(18)11-4-9(17)6-15-11;/h1-3,9,11,15,17H,4-6H2,(H,16,18);1H/t9-,11+;/m0./s1. The van der Waals surface area contributed by atoms with Gasteiger partial charge < -0.3 is 15.7 Å². The Labute approximate surface area is 131 Å². The fourth-order valence-corrected chi connectivity index (χ4v) is 2.63. The summed E-state index contributed by atoms with van der Waals surface area (Å²) in [6, 6.07) is 5.23. The van der Waals surface area contributed by atoms with E-state index in [0.717, 1.165) is 10.0 Å². The Morgan fingerprint density at radius 3 is 2.89 bits per heavy atom. The molecule has 1 fully saturated rings. The first-order valence-corrected chi connectivity index (χ1v) is 6.86. The SMILES string of the molecule is Cl.O=C(NCc1ccc(Br)cc1Cl)[C@H]1C[C@H](O)CN1. The van der Waals surface area contributed by atoms with Crippen molar-refractivity contribution in [3.63, 3.8) is 0 Å². The number of hydrogen-bond donors (Lipinski definition) is 3. The van der Waals surface area contributed by atoms with Crippen LogP contribution in [-0.4, -0.2) is 29.7 Å². The molecule has 0 radical (unpaired) electrons. The molecule has 1 aliphatic rings. The molecule has 2 atom stereocenters. The van der Waals surface area contributed by atoms with E-state index >= 15 is 0 Å². The summed E-state index contributed by atoms with van der Waals surface area (Å²) in [6.07, 6.45) is 0.0249. The Morgan fingerprint density at radius 2 is 2.32 bits per heavy atom. The van der Waals surface area contributed by atoms with E-state index in [9.17, 15) is 9.90 Å². The highest BCUT2D eigenvalue weighted by atomic mass is 79.9. The molecule has 1 aromatic rings. The fourth-order valence-electron chi connectivity index (χ4n) is 1.89. The van der Waals surface area contributed by atoms with Crippen LogP contribution < -0.4 is 10.6 Å². The van der Waals surface area contributed by atoms with Gasteiger partial charge in [-0.1, -0.05) is 33.6 Å². The third-order valence-corrected chi connectivity index (χ3v) is 3.74. The van der Waals surface area contributed by atoms with E-state index in [-0.39, 0.29) is 24.4 Å². The molecule has 2 rings (SSSR count). The Balaban J connectivity index is 0.00000180. The highest BCUT2D eigenvalue weighted by molar-refractivity contribution is 9.10. The largest absolute Gasteiger partial charge is 0.392 e. The van der Waals surface area contributed by atoms with Gasteiger partial charge in [-0.25, -0.2) is 0 Å². The Hall–Kier alpha value is -0.330. The van der Waals surface area contributed by atoms with Crippen LogP contribution in [0.15, 0.2) is 22.7 Å². The zero-order valence-corrected chi connectivity index (χ0v) is 13.2. The minimum Gasteiger partial charge on any atom is -0.392 e. The van der Waals surface area contributed by atoms with Gasteiger partial charge in [0.25, 0.3) is 0 Å². The minimum atomic E-state index is -0.433. The smallest absolute Gasteiger partial charge is 0.237 e. The lowest BCUT2D eigenvalue weighted by molar-refractivity contribution is -0.123. The van der Waals surface area contributed by atoms with E-state index < -0.39 is 6.10 Å². The Kier molecular flexibility index (Phi) is 6.56. The molecule has 1 aliphatic heterocycles. The molecule has 7 heteroatoms. The van der Waals surface area contributed by atoms with Gasteiger partial charge in [0.15, 0.2) is 0 Å². The topological polar surface area (TPSA) is 61.4 Å². The van der Waals surface area contributed by atoms with E-state index in [4.69, 9.17) is 11.6 Å². The number of aliphatic hydroxyl groups excluding tert-OH is 1. The fraction of sp³-hybridized carbons (Fsp3) is 0.417. The molecule has 1 heterocycles. The van der Waals surface area contributed by atoms with Crippen molar-refractivity contribution >= 4 is 45.8 Å². The van der Waals surface area contributed by atoms with Crippen LogP contribution in [0.4, 0.5) is 0 Å². The van der Waals surface area contributed by atoms with Gasteiger partial charge in [-0.2, -0.15) is 0 Å². The molecule has 1 saturated heterocycles. The van der Waals surface area contributed by atoms with Crippen LogP contribution in [0.1, 0.15) is 12.0 Å². The molecule has 19 heavy (non-hydrogen) atoms. The van der Waals surface area contributed by atoms with Crippen molar-refractivity contribution in [1.29, 1.82) is 0 Å². The number of aliphatic hydroxyl groups is 1. The van der Waals surface area contributed by atoms with E-state index in [1.165, 1.54) is 0 Å². The number of carbonyl (C=O) groups excluding carboxylic acids is 1. The van der Waals surface area contributed by atoms with Crippen molar-refractivity contribution in [1.82, 2.24) is 10.6 Å². The first-order valence-electron chi connectivity index (χ1n) is 5.69. The van der Waals surface area contributed by atoms with Crippen molar-refractivity contribution in [3.05, 3.63) is 33.3 Å². The van der Waals surface area contributed by atoms with Crippen LogP contribution in [0.3, 0.4) is 0 Å². The Morgan fingerprint density at radius 1 is 1.58 bits per heavy atom. The lowest BCUT2D eigenvalue weighted by atomic mass is 10.2. The third-order valence-electron chi connectivity index (χ3n) is 2.89. The lowest BCUT2D eigenvalue weighted by Gasteiger charge is -2.12. The molecule has 1 aromatic carbocycles. The van der Waals surface area contributed by atoms with Gasteiger partial charge in [0.05, 0.1) is 12.1 Å². The van der Waals surface area contributed by atoms with Crippen molar-refractivity contribution in [2.24, 2.45) is 0 Å². The van der Waals surface area contributed by atoms with Gasteiger partial charge in [0.2, 0.25) is 5.91 Å². The molecule has 4 nitrogen and oxygen atoms in total. The number of benzene rings is 1. The summed E-state index contributed by atoms with van der Waals surface area (Å²) in [5.41, 5.74) is 0.867. The van der Waals surface area contributed by atoms with Crippen molar-refractivity contribution in [2.45, 2.75) is 25.1 Å². The molecular formula is C12H15BrCl2N2O2. The average Bonchev–Trinajstić information content (AvgIpc) is 2.74. The summed E-state index contributed by atoms with van der Waals surface area (Å²) in [7, 11) is 0. The molecule has 0 spiro atoms. The van der Waals surface area contributed by atoms with Gasteiger partial charge in [0.1, 0.15) is 0 Å². The maximum atomic E-state index is 11.8. The van der Waals surface area contributed by atoms with E-state index in [0.29, 0.717) is 24.5 Å². The number of nitrogens with one attached hydrogen (secondary N) is 2. The summed E-state index contributed by atoms with van der Waals surface area (Å²) < 4.78 is 0.906. The van der Waals surface area contributed by atoms with Crippen LogP contribution in [0.25, 0.3) is 0 Å². The van der Waals surface area contributed by atoms with Gasteiger partial charge in [-0.15, -0.1) is 12.4 Å². The number of rotatable bonds is 3. The highest BCUT2D eigenvalue weighted by Crippen LogP contribution is 2.21. The molecule has 106 valence electrons. The third kappa shape index (κ3) is 4.61. The quantitative estimate of drug-likeness (QED) is 0.762. The molecule has 0 aliphatic carbocycles. The number of carbonyl (C=O) groups is 1. The first kappa shape index (κ1) is 16.7. The molecule has 1 amide bonds. The normalized spacial score (nSPS) is 21.8. The summed E-state index contributed by atoms with van der Waals surface area (Å²) in [5.74, 6) is -0.106. The monoisotopic (exact) mass is 368 g/mol. The number of hydrogen-bond acceptors (Lipinski definition) is 3. The van der Waals surface area contributed by atoms with Crippen LogP contribution in [0.5, 0.6) is 0 Å². The predicted octanol–water partition coefficient (Wildman–Crippen LogP) is 1.86. The zero-order chi connectivity index (χ0) is 13.1. The second kappa shape index (κ2) is 7.45. The molecule has 0 aromatic heterocycles. The summed E-state index contributed by atoms with van der Waals surface area (Å²) in [5, 5.41) is 15.7. The molecule has 0 saturated carbocycles. The van der Waals surface area contributed by atoms with Crippen molar-refractivity contribution in [3.8, 4) is 0 Å². The van der Waals surface area contributed by atoms with Gasteiger partial charge in [0, 0.05) is 22.6 Å². The van der Waals surface area contributed by atoms with E-state index in [2.05, 4.69) is 26.6 Å². The Bertz CT molecular complexity index is 459. The number of β-amino-alcohol motifs (C(OH)–C–C–N with tert-alkyl or cyclic N) is 1. The second-order valence-corrected chi connectivity index (χ2v) is 5.63. The van der Waals surface area contributed by atoms with E-state index in [1.807, 2.05) is 12.1 Å². The van der Waals surface area contributed by atoms with Crippen LogP contribution in [-0.2, 0) is 11.3 Å². The second-order valence-electron chi connectivity index (χ2n) is 4.30. The summed E-state index contributed by atoms with van der Waals surface area (Å²) >= 11 is 9.39. The number of halogens is 3. The maximum absolute atomic E-state index is 11.8. The van der Waals surface area contributed by atoms with E-state index in [1.54, 1.807) is 6.07 Å². The first-order chi connectivity index (χ1) is 8.56. The number of amides is 1. The van der Waals surface area contributed by atoms with Gasteiger partial charge in [-0.05, 0) is 24.1 Å². The van der Waals surface area contributed by atoms with Crippen LogP contribution in [0, 0.1) is 0 Å². The van der Waals surface area contributed by atoms with Crippen molar-refractivity contribution < 1.29 is 9.90 Å². The van der Waals surface area contributed by atoms with Crippen LogP contribution in [0.2, 0.25) is 5.02 Å². The predicted molar refractivity (Wildman–Crippen MR) is 80.7 cm³/mol. The molecule has 0 bridgehead atoms. The summed E-state index contributed by atoms with van der Waals surface area (Å²) in [6.45, 7) is 0.857. The van der Waals surface area contributed by atoms with Crippen molar-refractivity contribution in [2.75, 3.05) is 6.54 Å². The van der Waals surface area contributed by atoms with Crippen LogP contribution >= 0.6 is 39.9 Å².